The van der Waals surface area contributed by atoms with E-state index in [0.717, 1.165) is 25.3 Å². The Kier molecular flexibility index (Phi) is 3.19. The summed E-state index contributed by atoms with van der Waals surface area (Å²) in [6.45, 7) is 5.34. The lowest BCUT2D eigenvalue weighted by Gasteiger charge is -2.40. The smallest absolute Gasteiger partial charge is 0.138 e. The van der Waals surface area contributed by atoms with Crippen molar-refractivity contribution < 1.29 is 4.74 Å². The fraction of sp³-hybridized carbons (Fsp3) is 0.533. The van der Waals surface area contributed by atoms with Gasteiger partial charge in [-0.05, 0) is 30.4 Å². The van der Waals surface area contributed by atoms with Crippen LogP contribution in [0.3, 0.4) is 0 Å². The van der Waals surface area contributed by atoms with Gasteiger partial charge in [-0.2, -0.15) is 0 Å². The van der Waals surface area contributed by atoms with E-state index in [2.05, 4.69) is 33.3 Å². The predicted octanol–water partition coefficient (Wildman–Crippen LogP) is 2.59. The molecule has 0 unspecified atom stereocenters. The summed E-state index contributed by atoms with van der Waals surface area (Å²) in [7, 11) is 1.80. The molecule has 3 heterocycles. The highest BCUT2D eigenvalue weighted by molar-refractivity contribution is 5.51. The first kappa shape index (κ1) is 12.5. The van der Waals surface area contributed by atoms with E-state index in [1.807, 2.05) is 18.5 Å². The van der Waals surface area contributed by atoms with E-state index in [9.17, 15) is 0 Å². The van der Waals surface area contributed by atoms with Gasteiger partial charge in [-0.3, -0.25) is 4.40 Å². The second-order valence-electron chi connectivity index (χ2n) is 5.77. The maximum atomic E-state index is 5.35. The van der Waals surface area contributed by atoms with Gasteiger partial charge in [-0.15, -0.1) is 0 Å². The van der Waals surface area contributed by atoms with Crippen LogP contribution in [0.25, 0.3) is 5.65 Å². The van der Waals surface area contributed by atoms with E-state index in [4.69, 9.17) is 4.74 Å². The molecular formula is C15H21N3O. The highest BCUT2D eigenvalue weighted by Gasteiger charge is 2.30. The van der Waals surface area contributed by atoms with Crippen LogP contribution in [-0.2, 0) is 4.74 Å². The second-order valence-corrected chi connectivity index (χ2v) is 5.77. The number of imidazole rings is 1. The molecule has 1 aliphatic rings. The van der Waals surface area contributed by atoms with Gasteiger partial charge < -0.3 is 9.64 Å². The third-order valence-corrected chi connectivity index (χ3v) is 4.19. The Bertz CT molecular complexity index is 555. The van der Waals surface area contributed by atoms with Crippen LogP contribution in [-0.4, -0.2) is 36.2 Å². The number of rotatable bonds is 3. The Morgan fingerprint density at radius 1 is 1.32 bits per heavy atom. The number of hydrogen-bond acceptors (Lipinski definition) is 3. The maximum absolute atomic E-state index is 5.35. The number of methoxy groups -OCH3 is 1. The van der Waals surface area contributed by atoms with Crippen molar-refractivity contribution in [3.8, 4) is 0 Å². The molecule has 1 aliphatic heterocycles. The average Bonchev–Trinajstić information content (AvgIpc) is 2.88. The summed E-state index contributed by atoms with van der Waals surface area (Å²) < 4.78 is 7.52. The monoisotopic (exact) mass is 259 g/mol. The van der Waals surface area contributed by atoms with Gasteiger partial charge in [0.25, 0.3) is 0 Å². The van der Waals surface area contributed by atoms with Gasteiger partial charge in [-0.25, -0.2) is 4.98 Å². The van der Waals surface area contributed by atoms with Gasteiger partial charge in [0.05, 0.1) is 6.61 Å². The molecule has 2 aromatic heterocycles. The lowest BCUT2D eigenvalue weighted by molar-refractivity contribution is 0.0730. The van der Waals surface area contributed by atoms with E-state index >= 15 is 0 Å². The number of fused-ring (bicyclic) bond motifs is 1. The SMILES string of the molecule is COCC1(C)CCN(c2cccc3nccn23)CC1. The Morgan fingerprint density at radius 3 is 2.84 bits per heavy atom. The minimum Gasteiger partial charge on any atom is -0.384 e. The molecule has 1 fully saturated rings. The number of pyridine rings is 1. The highest BCUT2D eigenvalue weighted by atomic mass is 16.5. The largest absolute Gasteiger partial charge is 0.384 e. The number of aromatic nitrogens is 2. The highest BCUT2D eigenvalue weighted by Crippen LogP contribution is 2.33. The van der Waals surface area contributed by atoms with E-state index in [1.165, 1.54) is 18.7 Å². The van der Waals surface area contributed by atoms with Crippen molar-refractivity contribution in [3.05, 3.63) is 30.6 Å². The molecule has 0 atom stereocenters. The zero-order chi connectivity index (χ0) is 13.3. The van der Waals surface area contributed by atoms with Crippen LogP contribution in [0, 0.1) is 5.41 Å². The Morgan fingerprint density at radius 2 is 2.11 bits per heavy atom. The molecular weight excluding hydrogens is 238 g/mol. The Balaban J connectivity index is 1.80. The lowest BCUT2D eigenvalue weighted by atomic mass is 9.81. The van der Waals surface area contributed by atoms with E-state index in [1.54, 1.807) is 7.11 Å². The molecule has 19 heavy (non-hydrogen) atoms. The zero-order valence-electron chi connectivity index (χ0n) is 11.7. The summed E-state index contributed by atoms with van der Waals surface area (Å²) >= 11 is 0. The van der Waals surface area contributed by atoms with Crippen molar-refractivity contribution in [2.24, 2.45) is 5.41 Å². The van der Waals surface area contributed by atoms with Crippen LogP contribution < -0.4 is 4.90 Å². The summed E-state index contributed by atoms with van der Waals surface area (Å²) in [5.41, 5.74) is 1.34. The van der Waals surface area contributed by atoms with Gasteiger partial charge >= 0.3 is 0 Å². The minimum absolute atomic E-state index is 0.327. The summed E-state index contributed by atoms with van der Waals surface area (Å²) in [6.07, 6.45) is 6.24. The quantitative estimate of drug-likeness (QED) is 0.848. The maximum Gasteiger partial charge on any atom is 0.138 e. The third-order valence-electron chi connectivity index (χ3n) is 4.19. The molecule has 0 bridgehead atoms. The van der Waals surface area contributed by atoms with Crippen LogP contribution in [0.4, 0.5) is 5.82 Å². The molecule has 0 spiro atoms. The van der Waals surface area contributed by atoms with Crippen LogP contribution in [0.5, 0.6) is 0 Å². The van der Waals surface area contributed by atoms with Crippen LogP contribution in [0.15, 0.2) is 30.6 Å². The molecule has 102 valence electrons. The topological polar surface area (TPSA) is 29.8 Å². The first-order chi connectivity index (χ1) is 9.22. The van der Waals surface area contributed by atoms with Gasteiger partial charge in [0.15, 0.2) is 0 Å². The van der Waals surface area contributed by atoms with Crippen molar-refractivity contribution in [2.75, 3.05) is 31.7 Å². The molecule has 4 heteroatoms. The molecule has 3 rings (SSSR count). The van der Waals surface area contributed by atoms with Gasteiger partial charge in [0.2, 0.25) is 0 Å². The van der Waals surface area contributed by atoms with Crippen molar-refractivity contribution in [1.29, 1.82) is 0 Å². The number of hydrogen-bond donors (Lipinski definition) is 0. The summed E-state index contributed by atoms with van der Waals surface area (Å²) in [5, 5.41) is 0. The molecule has 0 aliphatic carbocycles. The molecule has 1 saturated heterocycles. The summed E-state index contributed by atoms with van der Waals surface area (Å²) in [6, 6.07) is 6.30. The van der Waals surface area contributed by atoms with Crippen LogP contribution in [0.2, 0.25) is 0 Å². The molecule has 0 aromatic carbocycles. The van der Waals surface area contributed by atoms with E-state index in [-0.39, 0.29) is 0 Å². The minimum atomic E-state index is 0.327. The molecule has 2 aromatic rings. The van der Waals surface area contributed by atoms with Crippen molar-refractivity contribution in [2.45, 2.75) is 19.8 Å². The predicted molar refractivity (Wildman–Crippen MR) is 76.6 cm³/mol. The number of anilines is 1. The fourth-order valence-corrected chi connectivity index (χ4v) is 2.96. The third kappa shape index (κ3) is 2.32. The lowest BCUT2D eigenvalue weighted by Crippen LogP contribution is -2.41. The number of ether oxygens (including phenoxy) is 1. The first-order valence-corrected chi connectivity index (χ1v) is 6.88. The Hall–Kier alpha value is -1.55. The molecule has 4 nitrogen and oxygen atoms in total. The standard InChI is InChI=1S/C15H21N3O/c1-15(12-19-2)6-9-17(10-7-15)14-5-3-4-13-16-8-11-18(13)14/h3-5,8,11H,6-7,9-10,12H2,1-2H3. The van der Waals surface area contributed by atoms with Crippen molar-refractivity contribution >= 4 is 11.5 Å². The normalized spacial score (nSPS) is 18.9. The fourth-order valence-electron chi connectivity index (χ4n) is 2.96. The Labute approximate surface area is 114 Å². The molecule has 0 amide bonds. The van der Waals surface area contributed by atoms with Crippen LogP contribution in [0.1, 0.15) is 19.8 Å². The zero-order valence-corrected chi connectivity index (χ0v) is 11.7. The van der Waals surface area contributed by atoms with Gasteiger partial charge in [0, 0.05) is 32.6 Å². The molecule has 0 N–H and O–H groups in total. The first-order valence-electron chi connectivity index (χ1n) is 6.88. The second kappa shape index (κ2) is 4.85. The van der Waals surface area contributed by atoms with E-state index < -0.39 is 0 Å². The summed E-state index contributed by atoms with van der Waals surface area (Å²) in [4.78, 5) is 6.80. The molecule has 0 radical (unpaired) electrons. The van der Waals surface area contributed by atoms with Crippen LogP contribution >= 0.6 is 0 Å². The van der Waals surface area contributed by atoms with Crippen molar-refractivity contribution in [1.82, 2.24) is 9.38 Å². The van der Waals surface area contributed by atoms with Gasteiger partial charge in [-0.1, -0.05) is 13.0 Å². The summed E-state index contributed by atoms with van der Waals surface area (Å²) in [5.74, 6) is 1.24. The van der Waals surface area contributed by atoms with E-state index in [0.29, 0.717) is 5.41 Å². The van der Waals surface area contributed by atoms with Crippen molar-refractivity contribution in [3.63, 3.8) is 0 Å². The van der Waals surface area contributed by atoms with Gasteiger partial charge in [0.1, 0.15) is 11.5 Å². The number of piperidine rings is 1. The molecule has 0 saturated carbocycles. The average molecular weight is 259 g/mol. The number of nitrogens with zero attached hydrogens (tertiary/aromatic N) is 3.